The van der Waals surface area contributed by atoms with Crippen molar-refractivity contribution >= 4 is 23.2 Å². The Balaban J connectivity index is 1.63. The van der Waals surface area contributed by atoms with Crippen molar-refractivity contribution in [2.75, 3.05) is 12.4 Å². The quantitative estimate of drug-likeness (QED) is 0.682. The predicted octanol–water partition coefficient (Wildman–Crippen LogP) is 3.97. The number of anilines is 1. The predicted molar refractivity (Wildman–Crippen MR) is 99.4 cm³/mol. The summed E-state index contributed by atoms with van der Waals surface area (Å²) in [5.74, 6) is 0.462. The molecule has 1 N–H and O–H groups in total. The van der Waals surface area contributed by atoms with Gasteiger partial charge in [0.25, 0.3) is 5.91 Å². The fourth-order valence-electron chi connectivity index (χ4n) is 2.36. The lowest BCUT2D eigenvalue weighted by Crippen LogP contribution is -2.12. The number of amides is 1. The summed E-state index contributed by atoms with van der Waals surface area (Å²) in [6.45, 7) is 0.666. The molecule has 2 aromatic carbocycles. The second-order valence-corrected chi connectivity index (χ2v) is 6.02. The number of benzene rings is 2. The first-order chi connectivity index (χ1) is 12.6. The summed E-state index contributed by atoms with van der Waals surface area (Å²) < 4.78 is 12.3. The van der Waals surface area contributed by atoms with Gasteiger partial charge in [-0.2, -0.15) is 5.10 Å². The van der Waals surface area contributed by atoms with Gasteiger partial charge in [-0.25, -0.2) is 4.68 Å². The van der Waals surface area contributed by atoms with Gasteiger partial charge in [0.15, 0.2) is 0 Å². The second kappa shape index (κ2) is 8.51. The lowest BCUT2D eigenvalue weighted by atomic mass is 10.1. The van der Waals surface area contributed by atoms with Gasteiger partial charge in [0.2, 0.25) is 0 Å². The zero-order valence-electron chi connectivity index (χ0n) is 14.2. The van der Waals surface area contributed by atoms with Crippen molar-refractivity contribution in [1.82, 2.24) is 9.78 Å². The number of carbonyl (C=O) groups excluding carboxylic acids is 1. The van der Waals surface area contributed by atoms with E-state index in [-0.39, 0.29) is 5.91 Å². The molecule has 0 fully saturated rings. The number of hydrogen-bond acceptors (Lipinski definition) is 4. The molecule has 0 atom stereocenters. The van der Waals surface area contributed by atoms with Gasteiger partial charge < -0.3 is 14.8 Å². The van der Waals surface area contributed by atoms with Crippen LogP contribution in [0.5, 0.6) is 5.75 Å². The molecule has 0 spiro atoms. The van der Waals surface area contributed by atoms with E-state index < -0.39 is 0 Å². The molecule has 1 heterocycles. The van der Waals surface area contributed by atoms with E-state index in [0.717, 1.165) is 5.56 Å². The Hall–Kier alpha value is -2.83. The Morgan fingerprint density at radius 3 is 2.88 bits per heavy atom. The molecule has 26 heavy (non-hydrogen) atoms. The van der Waals surface area contributed by atoms with Crippen molar-refractivity contribution in [3.63, 3.8) is 0 Å². The number of aromatic nitrogens is 2. The van der Waals surface area contributed by atoms with E-state index in [1.165, 1.54) is 0 Å². The van der Waals surface area contributed by atoms with Crippen LogP contribution in [-0.2, 0) is 18.1 Å². The Labute approximate surface area is 156 Å². The van der Waals surface area contributed by atoms with E-state index in [1.54, 1.807) is 48.5 Å². The van der Waals surface area contributed by atoms with Gasteiger partial charge in [-0.3, -0.25) is 4.79 Å². The van der Waals surface area contributed by atoms with Crippen molar-refractivity contribution in [2.45, 2.75) is 13.3 Å². The van der Waals surface area contributed by atoms with E-state index in [9.17, 15) is 4.79 Å². The van der Waals surface area contributed by atoms with E-state index in [0.29, 0.717) is 35.4 Å². The third-order valence-corrected chi connectivity index (χ3v) is 3.78. The topological polar surface area (TPSA) is 65.4 Å². The number of nitrogens with one attached hydrogen (secondary N) is 1. The molecule has 134 valence electrons. The van der Waals surface area contributed by atoms with E-state index >= 15 is 0 Å². The lowest BCUT2D eigenvalue weighted by molar-refractivity contribution is 0.102. The van der Waals surface area contributed by atoms with Gasteiger partial charge in [0, 0.05) is 17.7 Å². The highest BCUT2D eigenvalue weighted by atomic mass is 35.5. The van der Waals surface area contributed by atoms with Crippen LogP contribution in [0.4, 0.5) is 5.69 Å². The number of halogens is 1. The molecular weight excluding hydrogens is 354 g/mol. The first kappa shape index (κ1) is 18.0. The van der Waals surface area contributed by atoms with E-state index in [4.69, 9.17) is 21.1 Å². The summed E-state index contributed by atoms with van der Waals surface area (Å²) in [7, 11) is 1.58. The monoisotopic (exact) mass is 371 g/mol. The van der Waals surface area contributed by atoms with Crippen molar-refractivity contribution in [1.29, 1.82) is 0 Å². The maximum atomic E-state index is 12.4. The summed E-state index contributed by atoms with van der Waals surface area (Å²) in [6.07, 6.45) is 3.27. The first-order valence-corrected chi connectivity index (χ1v) is 8.32. The van der Waals surface area contributed by atoms with E-state index in [1.807, 2.05) is 24.3 Å². The van der Waals surface area contributed by atoms with Crippen LogP contribution in [0.2, 0.25) is 5.02 Å². The molecule has 0 aliphatic carbocycles. The molecule has 0 aliphatic rings. The summed E-state index contributed by atoms with van der Waals surface area (Å²) in [5, 5.41) is 7.51. The highest BCUT2D eigenvalue weighted by Gasteiger charge is 2.09. The zero-order valence-corrected chi connectivity index (χ0v) is 14.9. The molecule has 6 nitrogen and oxygen atoms in total. The van der Waals surface area contributed by atoms with Gasteiger partial charge in [0.05, 0.1) is 18.1 Å². The number of methoxy groups -OCH3 is 1. The molecule has 1 aromatic heterocycles. The average Bonchev–Trinajstić information content (AvgIpc) is 3.08. The molecule has 0 radical (unpaired) electrons. The molecule has 0 unspecified atom stereocenters. The van der Waals surface area contributed by atoms with Crippen LogP contribution < -0.4 is 10.1 Å². The Morgan fingerprint density at radius 2 is 2.08 bits per heavy atom. The van der Waals surface area contributed by atoms with Crippen LogP contribution in [0.15, 0.2) is 60.9 Å². The third kappa shape index (κ3) is 4.84. The molecule has 3 rings (SSSR count). The number of ether oxygens (including phenoxy) is 2. The Morgan fingerprint density at radius 1 is 1.23 bits per heavy atom. The lowest BCUT2D eigenvalue weighted by Gasteiger charge is -2.08. The van der Waals surface area contributed by atoms with Crippen molar-refractivity contribution in [3.05, 3.63) is 77.1 Å². The highest BCUT2D eigenvalue weighted by molar-refractivity contribution is 6.30. The minimum atomic E-state index is -0.216. The highest BCUT2D eigenvalue weighted by Crippen LogP contribution is 2.19. The van der Waals surface area contributed by atoms with Gasteiger partial charge in [-0.1, -0.05) is 29.8 Å². The first-order valence-electron chi connectivity index (χ1n) is 7.94. The maximum Gasteiger partial charge on any atom is 0.255 e. The Kier molecular flexibility index (Phi) is 5.88. The van der Waals surface area contributed by atoms with Crippen molar-refractivity contribution in [2.24, 2.45) is 0 Å². The standard InChI is InChI=1S/C19H18ClN3O3/c1-25-13-23-11-17(10-21-23)22-19(24)15-5-2-4-14(8-15)12-26-18-7-3-6-16(20)9-18/h2-11H,12-13H2,1H3,(H,22,24). The van der Waals surface area contributed by atoms with Crippen LogP contribution in [-0.4, -0.2) is 22.8 Å². The van der Waals surface area contributed by atoms with Gasteiger partial charge in [0.1, 0.15) is 19.1 Å². The number of carbonyl (C=O) groups is 1. The Bertz CT molecular complexity index is 895. The van der Waals surface area contributed by atoms with Crippen molar-refractivity contribution in [3.8, 4) is 5.75 Å². The zero-order chi connectivity index (χ0) is 18.4. The molecule has 0 saturated carbocycles. The summed E-state index contributed by atoms with van der Waals surface area (Å²) >= 11 is 5.94. The van der Waals surface area contributed by atoms with Crippen molar-refractivity contribution < 1.29 is 14.3 Å². The van der Waals surface area contributed by atoms with Crippen LogP contribution in [0.25, 0.3) is 0 Å². The summed E-state index contributed by atoms with van der Waals surface area (Å²) in [4.78, 5) is 12.4. The number of hydrogen-bond donors (Lipinski definition) is 1. The molecule has 1 amide bonds. The molecule has 0 aliphatic heterocycles. The molecule has 3 aromatic rings. The molecule has 0 bridgehead atoms. The van der Waals surface area contributed by atoms with Crippen LogP contribution in [0.1, 0.15) is 15.9 Å². The van der Waals surface area contributed by atoms with Gasteiger partial charge in [-0.15, -0.1) is 0 Å². The smallest absolute Gasteiger partial charge is 0.255 e. The fraction of sp³-hybridized carbons (Fsp3) is 0.158. The van der Waals surface area contributed by atoms with Gasteiger partial charge >= 0.3 is 0 Å². The van der Waals surface area contributed by atoms with Crippen LogP contribution in [0.3, 0.4) is 0 Å². The average molecular weight is 372 g/mol. The molecule has 0 saturated heterocycles. The second-order valence-electron chi connectivity index (χ2n) is 5.59. The third-order valence-electron chi connectivity index (χ3n) is 3.54. The summed E-state index contributed by atoms with van der Waals surface area (Å²) in [6, 6.07) is 14.4. The maximum absolute atomic E-state index is 12.4. The normalized spacial score (nSPS) is 10.5. The van der Waals surface area contributed by atoms with Crippen LogP contribution >= 0.6 is 11.6 Å². The van der Waals surface area contributed by atoms with Gasteiger partial charge in [-0.05, 0) is 35.9 Å². The number of rotatable bonds is 7. The fourth-order valence-corrected chi connectivity index (χ4v) is 2.54. The minimum absolute atomic E-state index is 0.216. The molecular formula is C19H18ClN3O3. The number of nitrogens with zero attached hydrogens (tertiary/aromatic N) is 2. The minimum Gasteiger partial charge on any atom is -0.489 e. The summed E-state index contributed by atoms with van der Waals surface area (Å²) in [5.41, 5.74) is 2.03. The largest absolute Gasteiger partial charge is 0.489 e. The van der Waals surface area contributed by atoms with E-state index in [2.05, 4.69) is 10.4 Å². The molecule has 7 heteroatoms. The SMILES string of the molecule is COCn1cc(NC(=O)c2cccc(COc3cccc(Cl)c3)c2)cn1. The van der Waals surface area contributed by atoms with Crippen LogP contribution in [0, 0.1) is 0 Å².